The Morgan fingerprint density at radius 1 is 0.984 bits per heavy atom. The lowest BCUT2D eigenvalue weighted by molar-refractivity contribution is -0.384. The normalized spacial score (nSPS) is 20.7. The fraction of sp³-hybridized carbons (Fsp3) is 0.404. The van der Waals surface area contributed by atoms with Crippen molar-refractivity contribution in [1.29, 1.82) is 0 Å². The SMILES string of the molecule is CC1(C)CCC(CN2CCN(c3ccc(C(=O)NS(=O)(=O)c4ccc(NC[C@H]5CC[C@@](C)(O)CC5)c([N+](=O)[O-])c4)c(Oc4cccc5[nH]cnc45)c3)CC2)=C(c2ccc(Cl)cc2)C1. The van der Waals surface area contributed by atoms with Crippen molar-refractivity contribution in [3.05, 3.63) is 117 Å². The number of piperazine rings is 1. The Hall–Kier alpha value is -5.48. The molecule has 332 valence electrons. The van der Waals surface area contributed by atoms with Crippen LogP contribution in [0.2, 0.25) is 5.02 Å². The number of hydrogen-bond donors (Lipinski definition) is 4. The summed E-state index contributed by atoms with van der Waals surface area (Å²) in [5, 5.41) is 26.3. The van der Waals surface area contributed by atoms with E-state index in [0.29, 0.717) is 30.7 Å². The summed E-state index contributed by atoms with van der Waals surface area (Å²) in [6, 6.07) is 22.1. The molecule has 63 heavy (non-hydrogen) atoms. The predicted molar refractivity (Wildman–Crippen MR) is 246 cm³/mol. The Labute approximate surface area is 372 Å². The number of nitro groups is 1. The highest BCUT2D eigenvalue weighted by molar-refractivity contribution is 7.90. The lowest BCUT2D eigenvalue weighted by atomic mass is 9.72. The molecule has 16 heteroatoms. The Kier molecular flexibility index (Phi) is 12.6. The van der Waals surface area contributed by atoms with Gasteiger partial charge in [-0.3, -0.25) is 19.8 Å². The molecule has 3 aliphatic rings. The van der Waals surface area contributed by atoms with E-state index in [2.05, 4.69) is 55.8 Å². The predicted octanol–water partition coefficient (Wildman–Crippen LogP) is 9.17. The number of allylic oxidation sites excluding steroid dienone is 1. The van der Waals surface area contributed by atoms with Crippen molar-refractivity contribution in [3.8, 4) is 11.5 Å². The number of para-hydroxylation sites is 1. The minimum Gasteiger partial charge on any atom is -0.454 e. The van der Waals surface area contributed by atoms with Crippen molar-refractivity contribution in [2.75, 3.05) is 49.5 Å². The number of amides is 1. The lowest BCUT2D eigenvalue weighted by Gasteiger charge is -2.39. The molecule has 0 atom stereocenters. The van der Waals surface area contributed by atoms with Gasteiger partial charge in [-0.25, -0.2) is 18.1 Å². The van der Waals surface area contributed by atoms with Crippen LogP contribution in [0, 0.1) is 21.4 Å². The van der Waals surface area contributed by atoms with Crippen LogP contribution in [-0.4, -0.2) is 84.1 Å². The lowest BCUT2D eigenvalue weighted by Crippen LogP contribution is -2.47. The van der Waals surface area contributed by atoms with Gasteiger partial charge in [0.25, 0.3) is 21.6 Å². The summed E-state index contributed by atoms with van der Waals surface area (Å²) in [6.07, 6.45) is 7.51. The molecule has 0 spiro atoms. The van der Waals surface area contributed by atoms with Crippen LogP contribution in [0.25, 0.3) is 16.6 Å². The topological polar surface area (TPSA) is 183 Å². The molecule has 1 saturated carbocycles. The summed E-state index contributed by atoms with van der Waals surface area (Å²) in [5.41, 5.74) is 5.35. The van der Waals surface area contributed by atoms with Crippen molar-refractivity contribution in [2.45, 2.75) is 76.2 Å². The fourth-order valence-electron chi connectivity index (χ4n) is 8.99. The average Bonchev–Trinajstić information content (AvgIpc) is 3.74. The minimum atomic E-state index is -4.58. The number of aromatic nitrogens is 2. The van der Waals surface area contributed by atoms with Gasteiger partial charge in [0.15, 0.2) is 5.75 Å². The molecule has 4 aromatic carbocycles. The first kappa shape index (κ1) is 44.1. The summed E-state index contributed by atoms with van der Waals surface area (Å²) in [7, 11) is -4.58. The summed E-state index contributed by atoms with van der Waals surface area (Å²) >= 11 is 6.24. The number of hydrogen-bond acceptors (Lipinski definition) is 11. The number of nitrogens with one attached hydrogen (secondary N) is 3. The van der Waals surface area contributed by atoms with Gasteiger partial charge in [0.2, 0.25) is 0 Å². The maximum Gasteiger partial charge on any atom is 0.293 e. The smallest absolute Gasteiger partial charge is 0.293 e. The number of carbonyl (C=O) groups is 1. The van der Waals surface area contributed by atoms with Crippen molar-refractivity contribution in [2.24, 2.45) is 11.3 Å². The maximum absolute atomic E-state index is 14.0. The molecule has 1 aliphatic heterocycles. The van der Waals surface area contributed by atoms with E-state index in [0.717, 1.165) is 87.1 Å². The van der Waals surface area contributed by atoms with E-state index < -0.39 is 37.0 Å². The van der Waals surface area contributed by atoms with Gasteiger partial charge in [0.05, 0.1) is 32.8 Å². The van der Waals surface area contributed by atoms with Crippen LogP contribution in [0.1, 0.15) is 81.6 Å². The van der Waals surface area contributed by atoms with Gasteiger partial charge in [0.1, 0.15) is 17.0 Å². The quantitative estimate of drug-likeness (QED) is 0.0653. The molecule has 2 heterocycles. The highest BCUT2D eigenvalue weighted by atomic mass is 35.5. The second-order valence-corrected chi connectivity index (χ2v) is 20.3. The molecular formula is C47H54ClN7O7S. The molecule has 8 rings (SSSR count). The van der Waals surface area contributed by atoms with Crippen LogP contribution < -0.4 is 19.7 Å². The molecule has 0 bridgehead atoms. The molecule has 14 nitrogen and oxygen atoms in total. The largest absolute Gasteiger partial charge is 0.454 e. The van der Waals surface area contributed by atoms with E-state index in [1.165, 1.54) is 35.2 Å². The number of fused-ring (bicyclic) bond motifs is 1. The highest BCUT2D eigenvalue weighted by Gasteiger charge is 2.32. The standard InChI is InChI=1S/C47H54ClN7O7S/c1-46(2)18-17-33(38(27-46)32-7-9-34(48)10-8-32)29-53-21-23-54(24-22-53)35-11-13-37(43(25-35)62-42-6-4-5-40-44(42)51-30-50-40)45(56)52-63(60,61)36-12-14-39(41(26-36)55(58)59)49-28-31-15-19-47(3,57)20-16-31/h4-14,25-26,30-31,49,57H,15-24,27-29H2,1-3H3,(H,50,51)(H,52,56)/t31-,47+. The number of aromatic amines is 1. The summed E-state index contributed by atoms with van der Waals surface area (Å²) < 4.78 is 36.0. The zero-order chi connectivity index (χ0) is 44.5. The minimum absolute atomic E-state index is 0.0466. The summed E-state index contributed by atoms with van der Waals surface area (Å²) in [5.74, 6) is -0.276. The average molecular weight is 897 g/mol. The first-order valence-electron chi connectivity index (χ1n) is 21.5. The molecule has 1 aromatic heterocycles. The molecular weight excluding hydrogens is 842 g/mol. The van der Waals surface area contributed by atoms with E-state index >= 15 is 0 Å². The number of ether oxygens (including phenoxy) is 1. The van der Waals surface area contributed by atoms with E-state index in [1.807, 2.05) is 25.1 Å². The van der Waals surface area contributed by atoms with Crippen molar-refractivity contribution < 1.29 is 28.0 Å². The number of nitrogens with zero attached hydrogens (tertiary/aromatic N) is 4. The van der Waals surface area contributed by atoms with Gasteiger partial charge >= 0.3 is 0 Å². The van der Waals surface area contributed by atoms with Gasteiger partial charge in [0, 0.05) is 62.1 Å². The van der Waals surface area contributed by atoms with Crippen LogP contribution >= 0.6 is 11.6 Å². The third-order valence-electron chi connectivity index (χ3n) is 12.8. The van der Waals surface area contributed by atoms with E-state index in [9.17, 15) is 28.4 Å². The number of H-pyrrole nitrogens is 1. The zero-order valence-electron chi connectivity index (χ0n) is 35.8. The van der Waals surface area contributed by atoms with E-state index in [4.69, 9.17) is 16.3 Å². The van der Waals surface area contributed by atoms with E-state index in [-0.39, 0.29) is 28.3 Å². The molecule has 2 fully saturated rings. The van der Waals surface area contributed by atoms with Crippen molar-refractivity contribution in [1.82, 2.24) is 19.6 Å². The Bertz CT molecular complexity index is 2650. The van der Waals surface area contributed by atoms with Crippen LogP contribution in [0.5, 0.6) is 11.5 Å². The first-order valence-corrected chi connectivity index (χ1v) is 23.4. The van der Waals surface area contributed by atoms with Gasteiger partial charge in [-0.1, -0.05) is 49.2 Å². The Morgan fingerprint density at radius 3 is 2.46 bits per heavy atom. The Balaban J connectivity index is 1.00. The van der Waals surface area contributed by atoms with Gasteiger partial charge in [-0.2, -0.15) is 0 Å². The Morgan fingerprint density at radius 2 is 1.73 bits per heavy atom. The fourth-order valence-corrected chi connectivity index (χ4v) is 10.1. The van der Waals surface area contributed by atoms with Crippen LogP contribution in [0.4, 0.5) is 17.1 Å². The van der Waals surface area contributed by atoms with Crippen molar-refractivity contribution in [3.63, 3.8) is 0 Å². The number of nitro benzene ring substituents is 1. The zero-order valence-corrected chi connectivity index (χ0v) is 37.4. The van der Waals surface area contributed by atoms with Crippen LogP contribution in [0.3, 0.4) is 0 Å². The second-order valence-electron chi connectivity index (χ2n) is 18.2. The van der Waals surface area contributed by atoms with Gasteiger partial charge in [-0.15, -0.1) is 0 Å². The monoisotopic (exact) mass is 895 g/mol. The second kappa shape index (κ2) is 17.9. The van der Waals surface area contributed by atoms with Gasteiger partial charge in [-0.05, 0) is 123 Å². The number of imidazole rings is 1. The molecule has 0 radical (unpaired) electrons. The first-order chi connectivity index (χ1) is 30.0. The number of carbonyl (C=O) groups excluding carboxylic acids is 1. The molecule has 5 aromatic rings. The number of sulfonamides is 1. The highest BCUT2D eigenvalue weighted by Crippen LogP contribution is 2.44. The number of anilines is 2. The third kappa shape index (κ3) is 10.3. The molecule has 0 unspecified atom stereocenters. The van der Waals surface area contributed by atoms with Gasteiger partial charge < -0.3 is 25.0 Å². The molecule has 1 saturated heterocycles. The molecule has 4 N–H and O–H groups in total. The number of rotatable bonds is 13. The molecule has 1 amide bonds. The summed E-state index contributed by atoms with van der Waals surface area (Å²) in [6.45, 7) is 10.8. The van der Waals surface area contributed by atoms with Crippen LogP contribution in [0.15, 0.2) is 95.7 Å². The van der Waals surface area contributed by atoms with Crippen LogP contribution in [-0.2, 0) is 10.0 Å². The van der Waals surface area contributed by atoms with Crippen molar-refractivity contribution >= 4 is 61.2 Å². The number of benzene rings is 4. The summed E-state index contributed by atoms with van der Waals surface area (Å²) in [4.78, 5) is 37.2. The number of aliphatic hydroxyl groups is 1. The maximum atomic E-state index is 14.0. The van der Waals surface area contributed by atoms with E-state index in [1.54, 1.807) is 30.3 Å². The third-order valence-corrected chi connectivity index (χ3v) is 14.4. The molecule has 2 aliphatic carbocycles. The number of halogens is 1.